The van der Waals surface area contributed by atoms with Crippen LogP contribution in [0, 0.1) is 6.92 Å². The van der Waals surface area contributed by atoms with Gasteiger partial charge in [0.15, 0.2) is 6.10 Å². The minimum atomic E-state index is -0.699. The molecule has 0 saturated carbocycles. The number of amides is 3. The molecule has 0 radical (unpaired) electrons. The van der Waals surface area contributed by atoms with Crippen molar-refractivity contribution in [2.24, 2.45) is 0 Å². The molecule has 160 valence electrons. The van der Waals surface area contributed by atoms with Crippen LogP contribution in [0.4, 0.5) is 5.69 Å². The van der Waals surface area contributed by atoms with Crippen LogP contribution in [-0.2, 0) is 16.1 Å². The lowest BCUT2D eigenvalue weighted by Gasteiger charge is -2.32. The largest absolute Gasteiger partial charge is 0.479 e. The molecule has 2 N–H and O–H groups in total. The van der Waals surface area contributed by atoms with E-state index in [-0.39, 0.29) is 12.5 Å². The van der Waals surface area contributed by atoms with Crippen LogP contribution >= 0.6 is 0 Å². The molecule has 3 aromatic rings. The molecule has 4 rings (SSSR count). The lowest BCUT2D eigenvalue weighted by molar-refractivity contribution is -0.128. The van der Waals surface area contributed by atoms with Crippen molar-refractivity contribution in [2.75, 3.05) is 11.4 Å². The molecule has 1 atom stereocenters. The molecule has 31 heavy (non-hydrogen) atoms. The first kappa shape index (κ1) is 20.4. The van der Waals surface area contributed by atoms with Crippen LogP contribution in [-0.4, -0.2) is 39.9 Å². The van der Waals surface area contributed by atoms with E-state index in [1.165, 1.54) is 4.90 Å². The molecule has 0 spiro atoms. The van der Waals surface area contributed by atoms with Gasteiger partial charge in [-0.25, -0.2) is 4.98 Å². The Labute approximate surface area is 179 Å². The molecular weight excluding hydrogens is 398 g/mol. The number of hydrogen-bond acceptors (Lipinski definition) is 5. The summed E-state index contributed by atoms with van der Waals surface area (Å²) in [6.45, 7) is 6.11. The highest BCUT2D eigenvalue weighted by molar-refractivity contribution is 6.04. The number of nitrogens with zero attached hydrogens (tertiary/aromatic N) is 3. The molecule has 3 amide bonds. The van der Waals surface area contributed by atoms with Gasteiger partial charge in [-0.3, -0.25) is 30.1 Å². The van der Waals surface area contributed by atoms with Crippen molar-refractivity contribution < 1.29 is 19.1 Å². The lowest BCUT2D eigenvalue weighted by Crippen LogP contribution is -2.51. The number of aryl methyl sites for hydroxylation is 2. The van der Waals surface area contributed by atoms with Crippen LogP contribution in [0.1, 0.15) is 30.0 Å². The monoisotopic (exact) mass is 421 g/mol. The van der Waals surface area contributed by atoms with Crippen molar-refractivity contribution in [3.8, 4) is 5.75 Å². The van der Waals surface area contributed by atoms with Gasteiger partial charge in [-0.15, -0.1) is 0 Å². The summed E-state index contributed by atoms with van der Waals surface area (Å²) in [5.41, 5.74) is 7.31. The highest BCUT2D eigenvalue weighted by Crippen LogP contribution is 2.33. The van der Waals surface area contributed by atoms with Gasteiger partial charge in [-0.2, -0.15) is 0 Å². The fourth-order valence-electron chi connectivity index (χ4n) is 3.69. The quantitative estimate of drug-likeness (QED) is 0.627. The third kappa shape index (κ3) is 3.81. The summed E-state index contributed by atoms with van der Waals surface area (Å²) in [6.07, 6.45) is -0.699. The first-order valence-corrected chi connectivity index (χ1v) is 10.0. The minimum absolute atomic E-state index is 0.247. The molecule has 1 unspecified atom stereocenters. The molecule has 1 aliphatic rings. The van der Waals surface area contributed by atoms with E-state index in [0.29, 0.717) is 22.5 Å². The molecule has 0 saturated heterocycles. The first-order chi connectivity index (χ1) is 14.9. The maximum Gasteiger partial charge on any atom is 0.269 e. The van der Waals surface area contributed by atoms with E-state index in [9.17, 15) is 14.4 Å². The summed E-state index contributed by atoms with van der Waals surface area (Å²) < 4.78 is 7.62. The van der Waals surface area contributed by atoms with Gasteiger partial charge in [0.25, 0.3) is 17.7 Å². The second kappa shape index (κ2) is 8.10. The maximum absolute atomic E-state index is 12.5. The number of nitrogens with one attached hydrogen (secondary N) is 2. The van der Waals surface area contributed by atoms with Crippen LogP contribution < -0.4 is 20.5 Å². The summed E-state index contributed by atoms with van der Waals surface area (Å²) >= 11 is 0. The van der Waals surface area contributed by atoms with Crippen molar-refractivity contribution in [3.63, 3.8) is 0 Å². The minimum Gasteiger partial charge on any atom is -0.479 e. The zero-order chi connectivity index (χ0) is 22.1. The van der Waals surface area contributed by atoms with E-state index < -0.39 is 17.9 Å². The number of carbonyl (C=O) groups is 3. The van der Waals surface area contributed by atoms with Crippen LogP contribution in [0.15, 0.2) is 42.5 Å². The van der Waals surface area contributed by atoms with Crippen LogP contribution in [0.25, 0.3) is 11.0 Å². The average Bonchev–Trinajstić information content (AvgIpc) is 3.09. The number of hydrogen-bond donors (Lipinski definition) is 2. The second-order valence-electron chi connectivity index (χ2n) is 7.26. The van der Waals surface area contributed by atoms with Gasteiger partial charge in [0, 0.05) is 12.1 Å². The van der Waals surface area contributed by atoms with Gasteiger partial charge in [0.2, 0.25) is 0 Å². The number of aromatic nitrogens is 2. The van der Waals surface area contributed by atoms with Crippen molar-refractivity contribution in [3.05, 3.63) is 53.9 Å². The lowest BCUT2D eigenvalue weighted by atomic mass is 10.2. The average molecular weight is 421 g/mol. The molecule has 9 nitrogen and oxygen atoms in total. The van der Waals surface area contributed by atoms with E-state index in [4.69, 9.17) is 4.74 Å². The molecule has 0 fully saturated rings. The van der Waals surface area contributed by atoms with E-state index >= 15 is 0 Å². The number of anilines is 1. The third-order valence-corrected chi connectivity index (χ3v) is 5.21. The van der Waals surface area contributed by atoms with Crippen LogP contribution in [0.5, 0.6) is 5.75 Å². The Hall–Kier alpha value is -3.88. The summed E-state index contributed by atoms with van der Waals surface area (Å²) in [5, 5.41) is 0. The highest BCUT2D eigenvalue weighted by atomic mass is 16.5. The fourth-order valence-corrected chi connectivity index (χ4v) is 3.69. The van der Waals surface area contributed by atoms with E-state index in [1.807, 2.05) is 19.9 Å². The first-order valence-electron chi connectivity index (χ1n) is 10.0. The topological polar surface area (TPSA) is 106 Å². The number of hydrazine groups is 1. The number of para-hydroxylation sites is 2. The predicted octanol–water partition coefficient (Wildman–Crippen LogP) is 1.94. The normalized spacial score (nSPS) is 15.4. The Balaban J connectivity index is 1.43. The smallest absolute Gasteiger partial charge is 0.269 e. The van der Waals surface area contributed by atoms with Crippen molar-refractivity contribution >= 4 is 34.4 Å². The van der Waals surface area contributed by atoms with E-state index in [0.717, 1.165) is 17.9 Å². The van der Waals surface area contributed by atoms with Crippen LogP contribution in [0.2, 0.25) is 0 Å². The Morgan fingerprint density at radius 1 is 1.16 bits per heavy atom. The van der Waals surface area contributed by atoms with Gasteiger partial charge in [-0.1, -0.05) is 12.1 Å². The zero-order valence-electron chi connectivity index (χ0n) is 17.5. The van der Waals surface area contributed by atoms with E-state index in [1.54, 1.807) is 43.3 Å². The Morgan fingerprint density at radius 3 is 2.71 bits per heavy atom. The number of imidazole rings is 1. The Bertz CT molecular complexity index is 1190. The summed E-state index contributed by atoms with van der Waals surface area (Å²) in [6, 6.07) is 12.2. The zero-order valence-corrected chi connectivity index (χ0v) is 17.5. The van der Waals surface area contributed by atoms with Crippen molar-refractivity contribution in [1.82, 2.24) is 20.4 Å². The summed E-state index contributed by atoms with van der Waals surface area (Å²) in [5.74, 6) is 0.0703. The molecule has 1 aliphatic heterocycles. The predicted molar refractivity (Wildman–Crippen MR) is 115 cm³/mol. The molecule has 9 heteroatoms. The highest BCUT2D eigenvalue weighted by Gasteiger charge is 2.32. The maximum atomic E-state index is 12.5. The number of ether oxygens (including phenoxy) is 1. The third-order valence-electron chi connectivity index (χ3n) is 5.21. The number of benzene rings is 2. The van der Waals surface area contributed by atoms with E-state index in [2.05, 4.69) is 20.4 Å². The molecule has 2 aromatic carbocycles. The Kier molecular flexibility index (Phi) is 5.33. The molecule has 1 aromatic heterocycles. The molecular formula is C22H23N5O4. The van der Waals surface area contributed by atoms with Crippen molar-refractivity contribution in [2.45, 2.75) is 33.4 Å². The summed E-state index contributed by atoms with van der Waals surface area (Å²) in [7, 11) is 0. The number of fused-ring (bicyclic) bond motifs is 2. The fraction of sp³-hybridized carbons (Fsp3) is 0.273. The number of carbonyl (C=O) groups excluding carboxylic acids is 3. The molecule has 0 aliphatic carbocycles. The van der Waals surface area contributed by atoms with Crippen molar-refractivity contribution in [1.29, 1.82) is 0 Å². The standard InChI is InChI=1S/C22H23N5O4/c1-4-26-14(3)23-16-11-15(9-10-17(16)26)21(29)25-24-20(28)12-27-18-7-5-6-8-19(18)31-13(2)22(27)30/h5-11,13H,4,12H2,1-3H3,(H,24,28)(H,25,29). The SMILES string of the molecule is CCn1c(C)nc2cc(C(=O)NNC(=O)CN3C(=O)C(C)Oc4ccccc43)ccc21. The van der Waals surface area contributed by atoms with Gasteiger partial charge in [-0.05, 0) is 51.1 Å². The molecule has 2 heterocycles. The second-order valence-corrected chi connectivity index (χ2v) is 7.26. The van der Waals surface area contributed by atoms with Crippen LogP contribution in [0.3, 0.4) is 0 Å². The van der Waals surface area contributed by atoms with Gasteiger partial charge >= 0.3 is 0 Å². The summed E-state index contributed by atoms with van der Waals surface area (Å²) in [4.78, 5) is 43.2. The Morgan fingerprint density at radius 2 is 1.94 bits per heavy atom. The number of rotatable bonds is 4. The van der Waals surface area contributed by atoms with Gasteiger partial charge < -0.3 is 9.30 Å². The van der Waals surface area contributed by atoms with Gasteiger partial charge in [0.05, 0.1) is 16.7 Å². The van der Waals surface area contributed by atoms with Gasteiger partial charge in [0.1, 0.15) is 18.1 Å². The molecule has 0 bridgehead atoms.